The van der Waals surface area contributed by atoms with Crippen LogP contribution in [0, 0.1) is 11.6 Å². The summed E-state index contributed by atoms with van der Waals surface area (Å²) >= 11 is 1.28. The molecule has 1 heterocycles. The molecular weight excluding hydrogens is 296 g/mol. The fourth-order valence-electron chi connectivity index (χ4n) is 1.77. The third kappa shape index (κ3) is 4.19. The molecule has 6 heteroatoms. The lowest BCUT2D eigenvalue weighted by Crippen LogP contribution is -2.24. The molecule has 0 spiro atoms. The highest BCUT2D eigenvalue weighted by atomic mass is 32.1. The summed E-state index contributed by atoms with van der Waals surface area (Å²) < 4.78 is 26.4. The van der Waals surface area contributed by atoms with Gasteiger partial charge < -0.3 is 5.32 Å². The van der Waals surface area contributed by atoms with Crippen LogP contribution in [0.1, 0.15) is 27.7 Å². The van der Waals surface area contributed by atoms with E-state index in [1.165, 1.54) is 18.3 Å². The summed E-state index contributed by atoms with van der Waals surface area (Å²) in [7, 11) is 0. The van der Waals surface area contributed by atoms with E-state index in [4.69, 9.17) is 0 Å². The van der Waals surface area contributed by atoms with Crippen LogP contribution in [0.3, 0.4) is 0 Å². The minimum absolute atomic E-state index is 0.0477. The Morgan fingerprint density at radius 1 is 1.24 bits per heavy atom. The molecule has 1 aromatic carbocycles. The first-order valence-corrected chi connectivity index (χ1v) is 7.12. The zero-order chi connectivity index (χ0) is 15.4. The molecule has 0 radical (unpaired) electrons. The van der Waals surface area contributed by atoms with Gasteiger partial charge in [-0.3, -0.25) is 9.59 Å². The van der Waals surface area contributed by atoms with Crippen LogP contribution in [0.2, 0.25) is 0 Å². The number of nitrogens with one attached hydrogen (secondary N) is 1. The Balaban J connectivity index is 1.92. The molecule has 21 heavy (non-hydrogen) atoms. The van der Waals surface area contributed by atoms with Crippen LogP contribution >= 0.6 is 11.3 Å². The van der Waals surface area contributed by atoms with Gasteiger partial charge in [-0.2, -0.15) is 0 Å². The van der Waals surface area contributed by atoms with E-state index in [9.17, 15) is 18.4 Å². The van der Waals surface area contributed by atoms with Crippen molar-refractivity contribution in [3.05, 3.63) is 57.3 Å². The number of hydrogen-bond donors (Lipinski definition) is 1. The molecule has 0 atom stereocenters. The van der Waals surface area contributed by atoms with Crippen LogP contribution in [-0.4, -0.2) is 11.7 Å². The first-order chi connectivity index (χ1) is 9.95. The summed E-state index contributed by atoms with van der Waals surface area (Å²) in [6.07, 6.45) is 0.0979. The van der Waals surface area contributed by atoms with Gasteiger partial charge in [0.1, 0.15) is 11.6 Å². The van der Waals surface area contributed by atoms with E-state index < -0.39 is 11.6 Å². The average Bonchev–Trinajstić information content (AvgIpc) is 2.88. The fourth-order valence-corrected chi connectivity index (χ4v) is 2.59. The SMILES string of the molecule is CC(=O)c1cc(CC(=O)NCc2cc(F)ccc2F)cs1. The summed E-state index contributed by atoms with van der Waals surface area (Å²) in [6.45, 7) is 1.38. The summed E-state index contributed by atoms with van der Waals surface area (Å²) in [5.41, 5.74) is 0.820. The number of ketones is 1. The van der Waals surface area contributed by atoms with E-state index in [1.54, 1.807) is 11.4 Å². The van der Waals surface area contributed by atoms with E-state index in [0.717, 1.165) is 23.8 Å². The monoisotopic (exact) mass is 309 g/mol. The molecular formula is C15H13F2NO2S. The number of rotatable bonds is 5. The fraction of sp³-hybridized carbons (Fsp3) is 0.200. The van der Waals surface area contributed by atoms with Crippen LogP contribution in [0.5, 0.6) is 0 Å². The van der Waals surface area contributed by atoms with E-state index >= 15 is 0 Å². The number of Topliss-reactive ketones (excluding diaryl/α,β-unsaturated/α-hetero) is 1. The second kappa shape index (κ2) is 6.58. The zero-order valence-electron chi connectivity index (χ0n) is 11.3. The first kappa shape index (κ1) is 15.3. The van der Waals surface area contributed by atoms with Crippen LogP contribution in [0.25, 0.3) is 0 Å². The van der Waals surface area contributed by atoms with Crippen molar-refractivity contribution in [1.82, 2.24) is 5.32 Å². The Hall–Kier alpha value is -2.08. The zero-order valence-corrected chi connectivity index (χ0v) is 12.1. The van der Waals surface area contributed by atoms with Gasteiger partial charge in [0.05, 0.1) is 11.3 Å². The summed E-state index contributed by atoms with van der Waals surface area (Å²) in [4.78, 5) is 23.5. The molecule has 0 unspecified atom stereocenters. The van der Waals surface area contributed by atoms with Gasteiger partial charge in [-0.05, 0) is 42.1 Å². The number of carbonyl (C=O) groups excluding carboxylic acids is 2. The standard InChI is InChI=1S/C15H13F2NO2S/c1-9(19)14-4-10(8-21-14)5-15(20)18-7-11-6-12(16)2-3-13(11)17/h2-4,6,8H,5,7H2,1H3,(H,18,20). The van der Waals surface area contributed by atoms with Gasteiger partial charge in [0.2, 0.25) is 5.91 Å². The Bertz CT molecular complexity index is 682. The van der Waals surface area contributed by atoms with Crippen molar-refractivity contribution in [1.29, 1.82) is 0 Å². The van der Waals surface area contributed by atoms with Crippen molar-refractivity contribution in [2.24, 2.45) is 0 Å². The number of thiophene rings is 1. The predicted molar refractivity (Wildman–Crippen MR) is 76.2 cm³/mol. The number of amides is 1. The minimum Gasteiger partial charge on any atom is -0.352 e. The van der Waals surface area contributed by atoms with Crippen LogP contribution in [0.4, 0.5) is 8.78 Å². The van der Waals surface area contributed by atoms with Crippen molar-refractivity contribution in [3.8, 4) is 0 Å². The van der Waals surface area contributed by atoms with Crippen molar-refractivity contribution in [3.63, 3.8) is 0 Å². The van der Waals surface area contributed by atoms with Gasteiger partial charge in [-0.25, -0.2) is 8.78 Å². The topological polar surface area (TPSA) is 46.2 Å². The van der Waals surface area contributed by atoms with E-state index in [1.807, 2.05) is 0 Å². The molecule has 1 N–H and O–H groups in total. The van der Waals surface area contributed by atoms with Gasteiger partial charge in [0.25, 0.3) is 0 Å². The maximum atomic E-state index is 13.4. The molecule has 0 saturated heterocycles. The molecule has 2 aromatic rings. The third-order valence-electron chi connectivity index (χ3n) is 2.85. The van der Waals surface area contributed by atoms with Crippen molar-refractivity contribution in [2.45, 2.75) is 19.9 Å². The minimum atomic E-state index is -0.564. The molecule has 0 bridgehead atoms. The van der Waals surface area contributed by atoms with Crippen molar-refractivity contribution >= 4 is 23.0 Å². The van der Waals surface area contributed by atoms with Gasteiger partial charge in [-0.1, -0.05) is 0 Å². The second-order valence-corrected chi connectivity index (χ2v) is 5.48. The molecule has 2 rings (SSSR count). The van der Waals surface area contributed by atoms with E-state index in [0.29, 0.717) is 4.88 Å². The molecule has 110 valence electrons. The Labute approximate surface area is 124 Å². The smallest absolute Gasteiger partial charge is 0.224 e. The molecule has 1 amide bonds. The highest BCUT2D eigenvalue weighted by Crippen LogP contribution is 2.16. The Kier molecular flexibility index (Phi) is 4.80. The molecule has 0 fully saturated rings. The molecule has 0 aliphatic heterocycles. The Morgan fingerprint density at radius 3 is 2.67 bits per heavy atom. The summed E-state index contributed by atoms with van der Waals surface area (Å²) in [5.74, 6) is -1.48. The predicted octanol–water partition coefficient (Wildman–Crippen LogP) is 3.09. The van der Waals surface area contributed by atoms with E-state index in [2.05, 4.69) is 5.32 Å². The van der Waals surface area contributed by atoms with Gasteiger partial charge in [0.15, 0.2) is 5.78 Å². The van der Waals surface area contributed by atoms with Gasteiger partial charge >= 0.3 is 0 Å². The second-order valence-electron chi connectivity index (χ2n) is 4.56. The molecule has 0 saturated carbocycles. The first-order valence-electron chi connectivity index (χ1n) is 6.24. The lowest BCUT2D eigenvalue weighted by atomic mass is 10.2. The molecule has 0 aliphatic carbocycles. The maximum Gasteiger partial charge on any atom is 0.224 e. The van der Waals surface area contributed by atoms with Gasteiger partial charge in [0, 0.05) is 12.1 Å². The van der Waals surface area contributed by atoms with Gasteiger partial charge in [-0.15, -0.1) is 11.3 Å². The van der Waals surface area contributed by atoms with Crippen molar-refractivity contribution < 1.29 is 18.4 Å². The number of carbonyl (C=O) groups is 2. The van der Waals surface area contributed by atoms with E-state index in [-0.39, 0.29) is 30.2 Å². The van der Waals surface area contributed by atoms with Crippen LogP contribution in [0.15, 0.2) is 29.6 Å². The lowest BCUT2D eigenvalue weighted by Gasteiger charge is -2.06. The number of hydrogen-bond acceptors (Lipinski definition) is 3. The van der Waals surface area contributed by atoms with Crippen LogP contribution < -0.4 is 5.32 Å². The quantitative estimate of drug-likeness (QED) is 0.863. The third-order valence-corrected chi connectivity index (χ3v) is 3.93. The molecule has 1 aromatic heterocycles. The molecule has 0 aliphatic rings. The average molecular weight is 309 g/mol. The summed E-state index contributed by atoms with van der Waals surface area (Å²) in [5, 5.41) is 4.26. The number of benzene rings is 1. The highest BCUT2D eigenvalue weighted by Gasteiger charge is 2.10. The largest absolute Gasteiger partial charge is 0.352 e. The Morgan fingerprint density at radius 2 is 2.00 bits per heavy atom. The lowest BCUT2D eigenvalue weighted by molar-refractivity contribution is -0.120. The van der Waals surface area contributed by atoms with Crippen molar-refractivity contribution in [2.75, 3.05) is 0 Å². The van der Waals surface area contributed by atoms with Crippen LogP contribution in [-0.2, 0) is 17.8 Å². The normalized spacial score (nSPS) is 10.4. The maximum absolute atomic E-state index is 13.4. The molecule has 3 nitrogen and oxygen atoms in total. The highest BCUT2D eigenvalue weighted by molar-refractivity contribution is 7.12. The number of halogens is 2. The summed E-state index contributed by atoms with van der Waals surface area (Å²) in [6, 6.07) is 4.76.